The van der Waals surface area contributed by atoms with Crippen molar-refractivity contribution in [2.75, 3.05) is 7.05 Å². The normalized spacial score (nSPS) is 24.6. The highest BCUT2D eigenvalue weighted by Crippen LogP contribution is 2.26. The Morgan fingerprint density at radius 2 is 2.18 bits per heavy atom. The van der Waals surface area contributed by atoms with Crippen molar-refractivity contribution < 1.29 is 4.74 Å². The summed E-state index contributed by atoms with van der Waals surface area (Å²) in [6, 6.07) is 6.48. The number of rotatable bonds is 3. The Labute approximate surface area is 108 Å². The van der Waals surface area contributed by atoms with Gasteiger partial charge in [-0.1, -0.05) is 11.6 Å². The van der Waals surface area contributed by atoms with Crippen molar-refractivity contribution in [2.24, 2.45) is 0 Å². The molecule has 2 unspecified atom stereocenters. The van der Waals surface area contributed by atoms with Gasteiger partial charge in [-0.15, -0.1) is 0 Å². The van der Waals surface area contributed by atoms with Crippen LogP contribution in [0.1, 0.15) is 31.2 Å². The van der Waals surface area contributed by atoms with Crippen LogP contribution in [0.15, 0.2) is 18.2 Å². The molecular weight excluding hydrogens is 234 g/mol. The molecule has 0 bridgehead atoms. The smallest absolute Gasteiger partial charge is 0.120 e. The van der Waals surface area contributed by atoms with Crippen LogP contribution in [0.5, 0.6) is 5.75 Å². The van der Waals surface area contributed by atoms with Crippen molar-refractivity contribution in [3.05, 3.63) is 28.8 Å². The van der Waals surface area contributed by atoms with Crippen LogP contribution >= 0.6 is 11.6 Å². The summed E-state index contributed by atoms with van der Waals surface area (Å²) >= 11 is 6.00. The Hall–Kier alpha value is -0.730. The van der Waals surface area contributed by atoms with Gasteiger partial charge in [0.15, 0.2) is 0 Å². The first-order chi connectivity index (χ1) is 8.19. The largest absolute Gasteiger partial charge is 0.490 e. The van der Waals surface area contributed by atoms with E-state index >= 15 is 0 Å². The molecule has 1 aliphatic carbocycles. The molecular formula is C14H20ClNO. The lowest BCUT2D eigenvalue weighted by Gasteiger charge is -2.29. The van der Waals surface area contributed by atoms with E-state index in [1.165, 1.54) is 12.8 Å². The minimum Gasteiger partial charge on any atom is -0.490 e. The van der Waals surface area contributed by atoms with Gasteiger partial charge in [-0.3, -0.25) is 0 Å². The molecule has 1 fully saturated rings. The van der Waals surface area contributed by atoms with Gasteiger partial charge >= 0.3 is 0 Å². The van der Waals surface area contributed by atoms with Crippen molar-refractivity contribution in [1.82, 2.24) is 5.32 Å². The van der Waals surface area contributed by atoms with E-state index in [1.807, 2.05) is 32.2 Å². The highest BCUT2D eigenvalue weighted by atomic mass is 35.5. The van der Waals surface area contributed by atoms with Crippen molar-refractivity contribution in [3.63, 3.8) is 0 Å². The monoisotopic (exact) mass is 253 g/mol. The van der Waals surface area contributed by atoms with Crippen LogP contribution in [0.4, 0.5) is 0 Å². The van der Waals surface area contributed by atoms with Gasteiger partial charge in [-0.2, -0.15) is 0 Å². The van der Waals surface area contributed by atoms with Crippen LogP contribution in [0.2, 0.25) is 5.02 Å². The highest BCUT2D eigenvalue weighted by molar-refractivity contribution is 6.31. The molecule has 2 atom stereocenters. The predicted molar refractivity (Wildman–Crippen MR) is 71.9 cm³/mol. The molecule has 2 nitrogen and oxygen atoms in total. The van der Waals surface area contributed by atoms with Gasteiger partial charge in [0.2, 0.25) is 0 Å². The second-order valence-corrected chi connectivity index (χ2v) is 5.21. The van der Waals surface area contributed by atoms with Gasteiger partial charge in [0.05, 0.1) is 0 Å². The van der Waals surface area contributed by atoms with Crippen molar-refractivity contribution >= 4 is 11.6 Å². The van der Waals surface area contributed by atoms with Crippen molar-refractivity contribution in [3.8, 4) is 5.75 Å². The van der Waals surface area contributed by atoms with Gasteiger partial charge in [0, 0.05) is 11.1 Å². The number of nitrogens with one attached hydrogen (secondary N) is 1. The molecule has 0 spiro atoms. The molecule has 0 heterocycles. The Kier molecular flexibility index (Phi) is 4.30. The third-order valence-corrected chi connectivity index (χ3v) is 3.89. The van der Waals surface area contributed by atoms with Gasteiger partial charge in [0.25, 0.3) is 0 Å². The first-order valence-electron chi connectivity index (χ1n) is 6.29. The third-order valence-electron chi connectivity index (χ3n) is 3.47. The molecule has 0 radical (unpaired) electrons. The van der Waals surface area contributed by atoms with E-state index < -0.39 is 0 Å². The van der Waals surface area contributed by atoms with Crippen LogP contribution in [-0.4, -0.2) is 19.2 Å². The van der Waals surface area contributed by atoms with Gasteiger partial charge < -0.3 is 10.1 Å². The van der Waals surface area contributed by atoms with Crippen LogP contribution in [0, 0.1) is 6.92 Å². The Bertz CT molecular complexity index is 380. The van der Waals surface area contributed by atoms with E-state index in [2.05, 4.69) is 5.32 Å². The van der Waals surface area contributed by atoms with Gasteiger partial charge in [0.1, 0.15) is 11.9 Å². The average Bonchev–Trinajstić information content (AvgIpc) is 2.34. The topological polar surface area (TPSA) is 21.3 Å². The molecule has 3 heteroatoms. The lowest BCUT2D eigenvalue weighted by Crippen LogP contribution is -2.36. The van der Waals surface area contributed by atoms with Crippen molar-refractivity contribution in [2.45, 2.75) is 44.8 Å². The fraction of sp³-hybridized carbons (Fsp3) is 0.571. The zero-order valence-electron chi connectivity index (χ0n) is 10.5. The summed E-state index contributed by atoms with van der Waals surface area (Å²) < 4.78 is 6.02. The number of benzene rings is 1. The predicted octanol–water partition coefficient (Wildman–Crippen LogP) is 3.56. The summed E-state index contributed by atoms with van der Waals surface area (Å²) in [7, 11) is 2.03. The minimum absolute atomic E-state index is 0.335. The molecule has 0 aliphatic heterocycles. The van der Waals surface area contributed by atoms with Gasteiger partial charge in [-0.25, -0.2) is 0 Å². The van der Waals surface area contributed by atoms with E-state index in [1.54, 1.807) is 0 Å². The molecule has 1 N–H and O–H groups in total. The molecule has 0 saturated heterocycles. The third kappa shape index (κ3) is 3.36. The number of hydrogen-bond acceptors (Lipinski definition) is 2. The molecule has 1 saturated carbocycles. The van der Waals surface area contributed by atoms with Crippen LogP contribution < -0.4 is 10.1 Å². The average molecular weight is 254 g/mol. The highest BCUT2D eigenvalue weighted by Gasteiger charge is 2.22. The van der Waals surface area contributed by atoms with Crippen LogP contribution in [-0.2, 0) is 0 Å². The summed E-state index contributed by atoms with van der Waals surface area (Å²) in [5.74, 6) is 0.939. The standard InChI is InChI=1S/C14H20ClNO/c1-10-8-13(6-7-14(10)15)17-12-5-3-4-11(9-12)16-2/h6-8,11-12,16H,3-5,9H2,1-2H3. The zero-order chi connectivity index (χ0) is 12.3. The fourth-order valence-electron chi connectivity index (χ4n) is 2.40. The maximum absolute atomic E-state index is 6.02. The molecule has 1 aliphatic rings. The number of ether oxygens (including phenoxy) is 1. The molecule has 2 rings (SSSR count). The summed E-state index contributed by atoms with van der Waals surface area (Å²) in [6.45, 7) is 2.01. The first kappa shape index (κ1) is 12.7. The summed E-state index contributed by atoms with van der Waals surface area (Å²) in [5, 5.41) is 4.14. The SMILES string of the molecule is CNC1CCCC(Oc2ccc(Cl)c(C)c2)C1. The summed E-state index contributed by atoms with van der Waals surface area (Å²) in [5.41, 5.74) is 1.07. The quantitative estimate of drug-likeness (QED) is 0.890. The molecule has 0 aromatic heterocycles. The van der Waals surface area contributed by atoms with Crippen molar-refractivity contribution in [1.29, 1.82) is 0 Å². The first-order valence-corrected chi connectivity index (χ1v) is 6.67. The van der Waals surface area contributed by atoms with E-state index in [0.717, 1.165) is 29.2 Å². The Balaban J connectivity index is 1.97. The van der Waals surface area contributed by atoms with Gasteiger partial charge in [-0.05, 0) is 63.4 Å². The molecule has 1 aromatic rings. The number of aryl methyl sites for hydroxylation is 1. The molecule has 94 valence electrons. The molecule has 1 aromatic carbocycles. The van der Waals surface area contributed by atoms with E-state index in [4.69, 9.17) is 16.3 Å². The van der Waals surface area contributed by atoms with E-state index in [0.29, 0.717) is 12.1 Å². The molecule has 0 amide bonds. The fourth-order valence-corrected chi connectivity index (χ4v) is 2.51. The lowest BCUT2D eigenvalue weighted by molar-refractivity contribution is 0.137. The van der Waals surface area contributed by atoms with Crippen LogP contribution in [0.3, 0.4) is 0 Å². The second-order valence-electron chi connectivity index (χ2n) is 4.80. The number of hydrogen-bond donors (Lipinski definition) is 1. The lowest BCUT2D eigenvalue weighted by atomic mass is 9.93. The maximum Gasteiger partial charge on any atom is 0.120 e. The van der Waals surface area contributed by atoms with E-state index in [9.17, 15) is 0 Å². The summed E-state index contributed by atoms with van der Waals surface area (Å²) in [6.07, 6.45) is 5.08. The summed E-state index contributed by atoms with van der Waals surface area (Å²) in [4.78, 5) is 0. The second kappa shape index (κ2) is 5.74. The zero-order valence-corrected chi connectivity index (χ0v) is 11.3. The Morgan fingerprint density at radius 3 is 2.88 bits per heavy atom. The molecule has 17 heavy (non-hydrogen) atoms. The Morgan fingerprint density at radius 1 is 1.35 bits per heavy atom. The minimum atomic E-state index is 0.335. The van der Waals surface area contributed by atoms with Crippen LogP contribution in [0.25, 0.3) is 0 Å². The van der Waals surface area contributed by atoms with E-state index in [-0.39, 0.29) is 0 Å². The number of halogens is 1. The maximum atomic E-state index is 6.02.